The Morgan fingerprint density at radius 2 is 1.70 bits per heavy atom. The number of carboxylic acid groups (broad SMARTS) is 1. The average Bonchev–Trinajstić information content (AvgIpc) is 2.69. The Hall–Kier alpha value is -2.19. The fourth-order valence-electron chi connectivity index (χ4n) is 3.60. The highest BCUT2D eigenvalue weighted by Gasteiger charge is 2.34. The van der Waals surface area contributed by atoms with Crippen molar-refractivity contribution >= 4 is 27.6 Å². The van der Waals surface area contributed by atoms with Crippen LogP contribution in [0.3, 0.4) is 0 Å². The molecule has 146 valence electrons. The van der Waals surface area contributed by atoms with E-state index in [4.69, 9.17) is 0 Å². The molecule has 1 aliphatic heterocycles. The predicted octanol–water partition coefficient (Wildman–Crippen LogP) is 2.47. The van der Waals surface area contributed by atoms with Crippen LogP contribution in [0.4, 0.5) is 5.69 Å². The van der Waals surface area contributed by atoms with Gasteiger partial charge in [-0.2, -0.15) is 4.31 Å². The number of nitrogens with zero attached hydrogens (tertiary/aromatic N) is 1. The summed E-state index contributed by atoms with van der Waals surface area (Å²) in [6.07, 6.45) is 6.98. The number of piperidine rings is 1. The SMILES string of the molecule is O=C(O)[C@H]1CC=CC[C@@H]1C(=O)Nc1cccc(S(=O)(=O)N2CCCCC2)c1. The molecular weight excluding hydrogens is 368 g/mol. The van der Waals surface area contributed by atoms with E-state index in [9.17, 15) is 23.1 Å². The number of aliphatic carboxylic acids is 1. The number of carbonyl (C=O) groups excluding carboxylic acids is 1. The summed E-state index contributed by atoms with van der Waals surface area (Å²) in [5, 5.41) is 12.0. The van der Waals surface area contributed by atoms with E-state index in [0.29, 0.717) is 31.6 Å². The summed E-state index contributed by atoms with van der Waals surface area (Å²) in [4.78, 5) is 24.1. The zero-order valence-corrected chi connectivity index (χ0v) is 15.8. The summed E-state index contributed by atoms with van der Waals surface area (Å²) in [6, 6.07) is 6.16. The van der Waals surface area contributed by atoms with Crippen molar-refractivity contribution in [2.45, 2.75) is 37.0 Å². The van der Waals surface area contributed by atoms with Gasteiger partial charge in [0.2, 0.25) is 15.9 Å². The summed E-state index contributed by atoms with van der Waals surface area (Å²) in [5.74, 6) is -2.84. The molecular formula is C19H24N2O5S. The van der Waals surface area contributed by atoms with Crippen molar-refractivity contribution in [2.24, 2.45) is 11.8 Å². The molecule has 3 rings (SSSR count). The van der Waals surface area contributed by atoms with Gasteiger partial charge in [-0.1, -0.05) is 24.6 Å². The highest BCUT2D eigenvalue weighted by Crippen LogP contribution is 2.28. The summed E-state index contributed by atoms with van der Waals surface area (Å²) in [7, 11) is -3.59. The molecule has 0 aromatic heterocycles. The number of rotatable bonds is 5. The van der Waals surface area contributed by atoms with E-state index in [0.717, 1.165) is 19.3 Å². The van der Waals surface area contributed by atoms with Crippen LogP contribution in [0.1, 0.15) is 32.1 Å². The largest absolute Gasteiger partial charge is 0.481 e. The molecule has 1 heterocycles. The summed E-state index contributed by atoms with van der Waals surface area (Å²) >= 11 is 0. The van der Waals surface area contributed by atoms with Crippen LogP contribution in [0.15, 0.2) is 41.3 Å². The second-order valence-electron chi connectivity index (χ2n) is 6.98. The Balaban J connectivity index is 1.76. The molecule has 0 saturated carbocycles. The lowest BCUT2D eigenvalue weighted by Gasteiger charge is -2.26. The van der Waals surface area contributed by atoms with Crippen LogP contribution >= 0.6 is 0 Å². The first-order chi connectivity index (χ1) is 12.9. The van der Waals surface area contributed by atoms with Crippen molar-refractivity contribution in [1.82, 2.24) is 4.31 Å². The molecule has 0 bridgehead atoms. The van der Waals surface area contributed by atoms with E-state index in [1.54, 1.807) is 24.3 Å². The number of hydrogen-bond donors (Lipinski definition) is 2. The number of anilines is 1. The molecule has 1 fully saturated rings. The summed E-state index contributed by atoms with van der Waals surface area (Å²) < 4.78 is 27.1. The Bertz CT molecular complexity index is 843. The van der Waals surface area contributed by atoms with Gasteiger partial charge >= 0.3 is 5.97 Å². The molecule has 8 heteroatoms. The molecule has 1 aliphatic carbocycles. The minimum Gasteiger partial charge on any atom is -0.481 e. The van der Waals surface area contributed by atoms with Crippen molar-refractivity contribution in [3.8, 4) is 0 Å². The normalized spacial score (nSPS) is 23.7. The maximum atomic E-state index is 12.8. The first-order valence-electron chi connectivity index (χ1n) is 9.18. The van der Waals surface area contributed by atoms with Gasteiger partial charge in [-0.05, 0) is 43.9 Å². The average molecular weight is 392 g/mol. The molecule has 0 spiro atoms. The van der Waals surface area contributed by atoms with Gasteiger partial charge in [-0.25, -0.2) is 8.42 Å². The quantitative estimate of drug-likeness (QED) is 0.749. The standard InChI is InChI=1S/C19H24N2O5S/c22-18(16-9-2-3-10-17(16)19(23)24)20-14-7-6-8-15(13-14)27(25,26)21-11-4-1-5-12-21/h2-3,6-8,13,16-17H,1,4-5,9-12H2,(H,20,22)(H,23,24)/t16-,17-/m0/s1. The van der Waals surface area contributed by atoms with Crippen LogP contribution in [-0.4, -0.2) is 42.8 Å². The number of allylic oxidation sites excluding steroid dienone is 2. The summed E-state index contributed by atoms with van der Waals surface area (Å²) in [6.45, 7) is 1.02. The number of sulfonamides is 1. The molecule has 27 heavy (non-hydrogen) atoms. The van der Waals surface area contributed by atoms with Gasteiger partial charge in [0.15, 0.2) is 0 Å². The maximum Gasteiger partial charge on any atom is 0.307 e. The first kappa shape index (κ1) is 19.6. The van der Waals surface area contributed by atoms with Gasteiger partial charge in [-0.3, -0.25) is 9.59 Å². The van der Waals surface area contributed by atoms with Crippen LogP contribution in [0.5, 0.6) is 0 Å². The molecule has 2 aliphatic rings. The third-order valence-corrected chi connectivity index (χ3v) is 7.04. The molecule has 7 nitrogen and oxygen atoms in total. The van der Waals surface area contributed by atoms with Crippen LogP contribution < -0.4 is 5.32 Å². The monoisotopic (exact) mass is 392 g/mol. The Morgan fingerprint density at radius 3 is 2.37 bits per heavy atom. The van der Waals surface area contributed by atoms with Gasteiger partial charge in [0.25, 0.3) is 0 Å². The lowest BCUT2D eigenvalue weighted by atomic mass is 9.82. The molecule has 1 amide bonds. The highest BCUT2D eigenvalue weighted by atomic mass is 32.2. The van der Waals surface area contributed by atoms with Crippen LogP contribution in [0.2, 0.25) is 0 Å². The first-order valence-corrected chi connectivity index (χ1v) is 10.6. The summed E-state index contributed by atoms with van der Waals surface area (Å²) in [5.41, 5.74) is 0.358. The zero-order valence-electron chi connectivity index (χ0n) is 15.0. The second-order valence-corrected chi connectivity index (χ2v) is 8.91. The van der Waals surface area contributed by atoms with Crippen molar-refractivity contribution in [1.29, 1.82) is 0 Å². The van der Waals surface area contributed by atoms with Gasteiger partial charge in [-0.15, -0.1) is 0 Å². The van der Waals surface area contributed by atoms with E-state index in [1.807, 2.05) is 0 Å². The van der Waals surface area contributed by atoms with Crippen LogP contribution in [0, 0.1) is 11.8 Å². The smallest absolute Gasteiger partial charge is 0.307 e. The van der Waals surface area contributed by atoms with Crippen molar-refractivity contribution < 1.29 is 23.1 Å². The van der Waals surface area contributed by atoms with Crippen molar-refractivity contribution in [2.75, 3.05) is 18.4 Å². The van der Waals surface area contributed by atoms with Crippen molar-refractivity contribution in [3.05, 3.63) is 36.4 Å². The molecule has 0 radical (unpaired) electrons. The van der Waals surface area contributed by atoms with Gasteiger partial charge in [0.1, 0.15) is 0 Å². The number of nitrogens with one attached hydrogen (secondary N) is 1. The zero-order chi connectivity index (χ0) is 19.4. The minimum absolute atomic E-state index is 0.139. The Kier molecular flexibility index (Phi) is 5.96. The number of carboxylic acids is 1. The van der Waals surface area contributed by atoms with Crippen LogP contribution in [-0.2, 0) is 19.6 Å². The van der Waals surface area contributed by atoms with E-state index in [1.165, 1.54) is 16.4 Å². The topological polar surface area (TPSA) is 104 Å². The van der Waals surface area contributed by atoms with Gasteiger partial charge in [0, 0.05) is 18.8 Å². The molecule has 1 aromatic carbocycles. The van der Waals surface area contributed by atoms with Gasteiger partial charge in [0.05, 0.1) is 16.7 Å². The second kappa shape index (κ2) is 8.22. The third kappa shape index (κ3) is 4.39. The number of amides is 1. The Labute approximate surface area is 159 Å². The molecule has 1 saturated heterocycles. The number of benzene rings is 1. The molecule has 2 N–H and O–H groups in total. The predicted molar refractivity (Wildman–Crippen MR) is 101 cm³/mol. The van der Waals surface area contributed by atoms with Crippen LogP contribution in [0.25, 0.3) is 0 Å². The Morgan fingerprint density at radius 1 is 1.04 bits per heavy atom. The molecule has 1 aromatic rings. The third-order valence-electron chi connectivity index (χ3n) is 5.14. The minimum atomic E-state index is -3.59. The lowest BCUT2D eigenvalue weighted by molar-refractivity contribution is -0.146. The fourth-order valence-corrected chi connectivity index (χ4v) is 5.16. The number of carbonyl (C=O) groups is 2. The van der Waals surface area contributed by atoms with E-state index >= 15 is 0 Å². The lowest BCUT2D eigenvalue weighted by Crippen LogP contribution is -2.36. The van der Waals surface area contributed by atoms with E-state index in [2.05, 4.69) is 5.32 Å². The van der Waals surface area contributed by atoms with Gasteiger partial charge < -0.3 is 10.4 Å². The van der Waals surface area contributed by atoms with E-state index in [-0.39, 0.29) is 4.90 Å². The van der Waals surface area contributed by atoms with E-state index < -0.39 is 33.7 Å². The van der Waals surface area contributed by atoms with Crippen molar-refractivity contribution in [3.63, 3.8) is 0 Å². The maximum absolute atomic E-state index is 12.8. The molecule has 0 unspecified atom stereocenters. The highest BCUT2D eigenvalue weighted by molar-refractivity contribution is 7.89. The molecule has 2 atom stereocenters. The fraction of sp³-hybridized carbons (Fsp3) is 0.474. The number of hydrogen-bond acceptors (Lipinski definition) is 4.